The number of ether oxygens (including phenoxy) is 2. The smallest absolute Gasteiger partial charge is 0.310 e. The second-order valence-electron chi connectivity index (χ2n) is 7.71. The summed E-state index contributed by atoms with van der Waals surface area (Å²) < 4.78 is 11.4. The number of piperidine rings is 1. The summed E-state index contributed by atoms with van der Waals surface area (Å²) in [5, 5.41) is 11.5. The molecule has 9 heteroatoms. The third-order valence-electron chi connectivity index (χ3n) is 5.42. The summed E-state index contributed by atoms with van der Waals surface area (Å²) in [6, 6.07) is 8.99. The molecule has 0 aliphatic carbocycles. The number of esters is 1. The van der Waals surface area contributed by atoms with Gasteiger partial charge in [0.1, 0.15) is 23.4 Å². The van der Waals surface area contributed by atoms with Gasteiger partial charge in [0.2, 0.25) is 0 Å². The average Bonchev–Trinajstić information content (AvgIpc) is 2.78. The quantitative estimate of drug-likeness (QED) is 0.329. The van der Waals surface area contributed by atoms with Gasteiger partial charge in [0.05, 0.1) is 17.4 Å². The Hall–Kier alpha value is -3.49. The van der Waals surface area contributed by atoms with E-state index in [2.05, 4.69) is 4.98 Å². The first-order valence-corrected chi connectivity index (χ1v) is 10.7. The molecule has 0 spiro atoms. The van der Waals surface area contributed by atoms with Crippen molar-refractivity contribution >= 4 is 23.1 Å². The fourth-order valence-electron chi connectivity index (χ4n) is 3.76. The minimum Gasteiger partial charge on any atom is -0.471 e. The lowest BCUT2D eigenvalue weighted by Crippen LogP contribution is -2.48. The monoisotopic (exact) mass is 441 g/mol. The fourth-order valence-corrected chi connectivity index (χ4v) is 3.76. The summed E-state index contributed by atoms with van der Waals surface area (Å²) in [6.45, 7) is 4.01. The zero-order valence-electron chi connectivity index (χ0n) is 18.2. The van der Waals surface area contributed by atoms with Crippen LogP contribution < -0.4 is 9.64 Å². The highest BCUT2D eigenvalue weighted by atomic mass is 16.6. The molecule has 2 atom stereocenters. The van der Waals surface area contributed by atoms with Crippen molar-refractivity contribution in [2.24, 2.45) is 5.92 Å². The summed E-state index contributed by atoms with van der Waals surface area (Å²) in [7, 11) is 0. The number of aryl methyl sites for hydroxylation is 1. The molecule has 1 aliphatic rings. The third-order valence-corrected chi connectivity index (χ3v) is 5.42. The molecule has 2 unspecified atom stereocenters. The van der Waals surface area contributed by atoms with Crippen molar-refractivity contribution in [3.8, 4) is 5.75 Å². The second-order valence-corrected chi connectivity index (χ2v) is 7.71. The number of carbonyl (C=O) groups is 2. The maximum Gasteiger partial charge on any atom is 0.310 e. The normalized spacial score (nSPS) is 18.1. The molecular weight excluding hydrogens is 414 g/mol. The van der Waals surface area contributed by atoms with Crippen molar-refractivity contribution in [1.82, 2.24) is 4.98 Å². The first-order chi connectivity index (χ1) is 15.4. The van der Waals surface area contributed by atoms with Gasteiger partial charge < -0.3 is 19.2 Å². The van der Waals surface area contributed by atoms with Crippen molar-refractivity contribution in [2.75, 3.05) is 18.1 Å². The van der Waals surface area contributed by atoms with Gasteiger partial charge >= 0.3 is 11.7 Å². The first kappa shape index (κ1) is 23.2. The van der Waals surface area contributed by atoms with E-state index in [1.54, 1.807) is 24.8 Å². The van der Waals surface area contributed by atoms with Crippen molar-refractivity contribution in [2.45, 2.75) is 45.8 Å². The van der Waals surface area contributed by atoms with Gasteiger partial charge in [-0.3, -0.25) is 19.9 Å². The van der Waals surface area contributed by atoms with Crippen LogP contribution in [0, 0.1) is 16.0 Å². The van der Waals surface area contributed by atoms with Crippen molar-refractivity contribution in [3.63, 3.8) is 0 Å². The van der Waals surface area contributed by atoms with Crippen LogP contribution in [-0.2, 0) is 20.7 Å². The average molecular weight is 441 g/mol. The van der Waals surface area contributed by atoms with Crippen molar-refractivity contribution < 1.29 is 24.0 Å². The maximum atomic E-state index is 12.3. The van der Waals surface area contributed by atoms with Gasteiger partial charge in [-0.25, -0.2) is 0 Å². The Labute approximate surface area is 186 Å². The number of hydrogen-bond acceptors (Lipinski definition) is 8. The molecule has 0 N–H and O–H groups in total. The zero-order chi connectivity index (χ0) is 23.1. The van der Waals surface area contributed by atoms with Crippen molar-refractivity contribution in [3.05, 3.63) is 58.4 Å². The van der Waals surface area contributed by atoms with Gasteiger partial charge in [-0.15, -0.1) is 0 Å². The molecule has 170 valence electrons. The summed E-state index contributed by atoms with van der Waals surface area (Å²) in [4.78, 5) is 40.3. The fraction of sp³-hybridized carbons (Fsp3) is 0.435. The molecule has 1 fully saturated rings. The Kier molecular flexibility index (Phi) is 7.75. The molecule has 2 aromatic rings. The van der Waals surface area contributed by atoms with Crippen LogP contribution in [0.1, 0.15) is 38.7 Å². The number of nitro groups is 1. The minimum absolute atomic E-state index is 0.115. The number of benzene rings is 1. The molecule has 3 rings (SSSR count). The van der Waals surface area contributed by atoms with E-state index in [1.165, 1.54) is 12.4 Å². The molecular formula is C23H27N3O6. The predicted molar refractivity (Wildman–Crippen MR) is 117 cm³/mol. The van der Waals surface area contributed by atoms with E-state index < -0.39 is 11.2 Å². The number of nitrogens with zero attached hydrogens (tertiary/aromatic N) is 3. The molecule has 1 aromatic carbocycles. The van der Waals surface area contributed by atoms with Crippen LogP contribution in [0.2, 0.25) is 0 Å². The lowest BCUT2D eigenvalue weighted by atomic mass is 9.95. The van der Waals surface area contributed by atoms with E-state index in [0.29, 0.717) is 50.3 Å². The maximum absolute atomic E-state index is 12.3. The Balaban J connectivity index is 1.83. The molecule has 2 heterocycles. The molecule has 9 nitrogen and oxygen atoms in total. The Morgan fingerprint density at radius 1 is 1.25 bits per heavy atom. The van der Waals surface area contributed by atoms with Crippen LogP contribution in [0.25, 0.3) is 0 Å². The number of aromatic nitrogens is 1. The summed E-state index contributed by atoms with van der Waals surface area (Å²) in [5.41, 5.74) is 1.30. The number of carbonyl (C=O) groups excluding carboxylic acids is 2. The minimum atomic E-state index is -0.595. The summed E-state index contributed by atoms with van der Waals surface area (Å²) >= 11 is 0. The molecule has 1 aliphatic heterocycles. The third kappa shape index (κ3) is 5.81. The molecule has 1 saturated heterocycles. The molecule has 0 amide bonds. The summed E-state index contributed by atoms with van der Waals surface area (Å²) in [5.74, 6) is 0.0661. The van der Waals surface area contributed by atoms with Gasteiger partial charge in [0, 0.05) is 25.6 Å². The predicted octanol–water partition coefficient (Wildman–Crippen LogP) is 3.70. The van der Waals surface area contributed by atoms with Crippen LogP contribution in [0.15, 0.2) is 42.7 Å². The van der Waals surface area contributed by atoms with Gasteiger partial charge in [-0.1, -0.05) is 12.1 Å². The highest BCUT2D eigenvalue weighted by molar-refractivity contribution is 5.75. The van der Waals surface area contributed by atoms with E-state index in [4.69, 9.17) is 9.47 Å². The van der Waals surface area contributed by atoms with Gasteiger partial charge in [0.25, 0.3) is 0 Å². The highest BCUT2D eigenvalue weighted by Gasteiger charge is 2.37. The zero-order valence-corrected chi connectivity index (χ0v) is 18.2. The van der Waals surface area contributed by atoms with Gasteiger partial charge in [0.15, 0.2) is 6.23 Å². The SMILES string of the molecule is CCOC(=O)C1CCN(c2ccncc2[N+](=O)[O-])C(Oc2ccc(CCC(C)=O)cc2)C1. The van der Waals surface area contributed by atoms with Crippen LogP contribution >= 0.6 is 0 Å². The van der Waals surface area contributed by atoms with Gasteiger partial charge in [-0.05, 0) is 50.5 Å². The number of hydrogen-bond donors (Lipinski definition) is 0. The largest absolute Gasteiger partial charge is 0.471 e. The Morgan fingerprint density at radius 3 is 2.66 bits per heavy atom. The van der Waals surface area contributed by atoms with Crippen LogP contribution in [0.5, 0.6) is 5.75 Å². The molecule has 32 heavy (non-hydrogen) atoms. The van der Waals surface area contributed by atoms with E-state index in [1.807, 2.05) is 24.3 Å². The number of anilines is 1. The number of ketones is 1. The van der Waals surface area contributed by atoms with Crippen LogP contribution in [-0.4, -0.2) is 41.0 Å². The molecule has 0 saturated carbocycles. The second kappa shape index (κ2) is 10.7. The lowest BCUT2D eigenvalue weighted by molar-refractivity contribution is -0.384. The van der Waals surface area contributed by atoms with Crippen molar-refractivity contribution in [1.29, 1.82) is 0 Å². The topological polar surface area (TPSA) is 112 Å². The Morgan fingerprint density at radius 2 is 2.00 bits per heavy atom. The van der Waals surface area contributed by atoms with E-state index >= 15 is 0 Å². The van der Waals surface area contributed by atoms with Crippen LogP contribution in [0.4, 0.5) is 11.4 Å². The summed E-state index contributed by atoms with van der Waals surface area (Å²) in [6.07, 6.45) is 4.09. The van der Waals surface area contributed by atoms with E-state index in [9.17, 15) is 19.7 Å². The molecule has 0 bridgehead atoms. The number of Topliss-reactive ketones (excluding diaryl/α,β-unsaturated/α-hetero) is 1. The number of pyridine rings is 1. The lowest BCUT2D eigenvalue weighted by Gasteiger charge is -2.39. The molecule has 0 radical (unpaired) electrons. The standard InChI is InChI=1S/C23H27N3O6/c1-3-31-23(28)18-11-13-25(20-10-12-24-15-21(20)26(29)30)22(14-18)32-19-8-6-17(7-9-19)5-4-16(2)27/h6-10,12,15,18,22H,3-5,11,13-14H2,1-2H3. The highest BCUT2D eigenvalue weighted by Crippen LogP contribution is 2.35. The molecule has 1 aromatic heterocycles. The Bertz CT molecular complexity index is 962. The van der Waals surface area contributed by atoms with E-state index in [0.717, 1.165) is 5.56 Å². The van der Waals surface area contributed by atoms with E-state index in [-0.39, 0.29) is 23.4 Å². The number of rotatable bonds is 9. The van der Waals surface area contributed by atoms with Crippen LogP contribution in [0.3, 0.4) is 0 Å². The first-order valence-electron chi connectivity index (χ1n) is 10.7. The van der Waals surface area contributed by atoms with Gasteiger partial charge in [-0.2, -0.15) is 0 Å².